The van der Waals surface area contributed by atoms with Gasteiger partial charge in [-0.05, 0) is 12.5 Å². The molecule has 20 heavy (non-hydrogen) atoms. The van der Waals surface area contributed by atoms with Crippen LogP contribution in [0.1, 0.15) is 22.2 Å². The fraction of sp³-hybridized carbons (Fsp3) is 0.357. The van der Waals surface area contributed by atoms with Crippen molar-refractivity contribution in [3.8, 4) is 0 Å². The Hall–Kier alpha value is -1.24. The molecule has 1 aromatic carbocycles. The lowest BCUT2D eigenvalue weighted by molar-refractivity contribution is 0.552. The second-order valence-corrected chi connectivity index (χ2v) is 7.92. The van der Waals surface area contributed by atoms with Gasteiger partial charge >= 0.3 is 0 Å². The molecule has 0 fully saturated rings. The molecule has 108 valence electrons. The molecule has 0 aliphatic carbocycles. The van der Waals surface area contributed by atoms with E-state index in [1.165, 1.54) is 6.26 Å². The standard InChI is InChI=1S/C14H18N2O2S2/c1-11-14(19-10-16-11)8-15-13(9-20(2,17)18)12-6-4-3-5-7-12/h3-7,10,13,15H,8-9H2,1-2H3. The molecule has 0 amide bonds. The number of rotatable bonds is 6. The van der Waals surface area contributed by atoms with Crippen LogP contribution in [0.3, 0.4) is 0 Å². The van der Waals surface area contributed by atoms with Crippen molar-refractivity contribution in [3.63, 3.8) is 0 Å². The minimum Gasteiger partial charge on any atom is -0.304 e. The van der Waals surface area contributed by atoms with Gasteiger partial charge in [0.2, 0.25) is 0 Å². The average Bonchev–Trinajstić information content (AvgIpc) is 2.80. The first-order valence-corrected chi connectivity index (χ1v) is 9.25. The molecule has 2 rings (SSSR count). The number of hydrogen-bond donors (Lipinski definition) is 1. The number of benzene rings is 1. The van der Waals surface area contributed by atoms with Gasteiger partial charge in [-0.2, -0.15) is 0 Å². The second-order valence-electron chi connectivity index (χ2n) is 4.80. The number of thiazole rings is 1. The Balaban J connectivity index is 2.13. The van der Waals surface area contributed by atoms with Crippen LogP contribution in [0.15, 0.2) is 35.8 Å². The highest BCUT2D eigenvalue weighted by atomic mass is 32.2. The summed E-state index contributed by atoms with van der Waals surface area (Å²) >= 11 is 1.58. The molecule has 1 aromatic heterocycles. The smallest absolute Gasteiger partial charge is 0.149 e. The van der Waals surface area contributed by atoms with E-state index in [1.807, 2.05) is 37.3 Å². The van der Waals surface area contributed by atoms with Gasteiger partial charge in [-0.15, -0.1) is 11.3 Å². The van der Waals surface area contributed by atoms with Crippen LogP contribution >= 0.6 is 11.3 Å². The molecular formula is C14H18N2O2S2. The number of aromatic nitrogens is 1. The van der Waals surface area contributed by atoms with Crippen molar-refractivity contribution in [2.45, 2.75) is 19.5 Å². The zero-order chi connectivity index (χ0) is 14.6. The van der Waals surface area contributed by atoms with E-state index in [0.717, 1.165) is 16.1 Å². The fourth-order valence-corrected chi connectivity index (χ4v) is 3.62. The molecule has 0 saturated carbocycles. The van der Waals surface area contributed by atoms with Crippen LogP contribution < -0.4 is 5.32 Å². The number of nitrogens with zero attached hydrogens (tertiary/aromatic N) is 1. The minimum atomic E-state index is -3.05. The molecule has 6 heteroatoms. The summed E-state index contributed by atoms with van der Waals surface area (Å²) in [4.78, 5) is 5.34. The van der Waals surface area contributed by atoms with Gasteiger partial charge in [-0.3, -0.25) is 0 Å². The van der Waals surface area contributed by atoms with Crippen LogP contribution in [0.2, 0.25) is 0 Å². The molecule has 0 radical (unpaired) electrons. The Morgan fingerprint density at radius 2 is 2.00 bits per heavy atom. The van der Waals surface area contributed by atoms with E-state index < -0.39 is 9.84 Å². The second kappa shape index (κ2) is 6.47. The summed E-state index contributed by atoms with van der Waals surface area (Å²) in [5.41, 5.74) is 3.79. The van der Waals surface area contributed by atoms with E-state index in [-0.39, 0.29) is 11.8 Å². The zero-order valence-electron chi connectivity index (χ0n) is 11.5. The van der Waals surface area contributed by atoms with Gasteiger partial charge in [-0.1, -0.05) is 30.3 Å². The van der Waals surface area contributed by atoms with E-state index >= 15 is 0 Å². The Morgan fingerprint density at radius 3 is 2.55 bits per heavy atom. The maximum atomic E-state index is 11.6. The summed E-state index contributed by atoms with van der Waals surface area (Å²) in [6.45, 7) is 2.59. The van der Waals surface area contributed by atoms with Crippen LogP contribution in [-0.2, 0) is 16.4 Å². The summed E-state index contributed by atoms with van der Waals surface area (Å²) in [5, 5.41) is 3.33. The van der Waals surface area contributed by atoms with Gasteiger partial charge in [0.05, 0.1) is 17.0 Å². The van der Waals surface area contributed by atoms with Gasteiger partial charge in [0.15, 0.2) is 0 Å². The predicted molar refractivity (Wildman–Crippen MR) is 82.6 cm³/mol. The highest BCUT2D eigenvalue weighted by molar-refractivity contribution is 7.90. The van der Waals surface area contributed by atoms with Crippen LogP contribution in [0.5, 0.6) is 0 Å². The van der Waals surface area contributed by atoms with Crippen molar-refractivity contribution in [2.24, 2.45) is 0 Å². The first-order chi connectivity index (χ1) is 9.46. The Kier molecular flexibility index (Phi) is 4.91. The molecule has 0 aliphatic rings. The van der Waals surface area contributed by atoms with Crippen molar-refractivity contribution in [2.75, 3.05) is 12.0 Å². The number of sulfone groups is 1. The summed E-state index contributed by atoms with van der Waals surface area (Å²) in [7, 11) is -3.05. The normalized spacial score (nSPS) is 13.3. The van der Waals surface area contributed by atoms with E-state index in [2.05, 4.69) is 10.3 Å². The molecule has 1 atom stereocenters. The van der Waals surface area contributed by atoms with Gasteiger partial charge in [-0.25, -0.2) is 13.4 Å². The number of nitrogens with one attached hydrogen (secondary N) is 1. The highest BCUT2D eigenvalue weighted by Crippen LogP contribution is 2.18. The topological polar surface area (TPSA) is 59.1 Å². The van der Waals surface area contributed by atoms with Crippen LogP contribution in [0.4, 0.5) is 0 Å². The van der Waals surface area contributed by atoms with Crippen molar-refractivity contribution >= 4 is 21.2 Å². The summed E-state index contributed by atoms with van der Waals surface area (Å²) < 4.78 is 23.2. The fourth-order valence-electron chi connectivity index (χ4n) is 1.97. The Bertz CT molecular complexity index is 651. The molecule has 2 aromatic rings. The van der Waals surface area contributed by atoms with E-state index in [0.29, 0.717) is 6.54 Å². The minimum absolute atomic E-state index is 0.0921. The third-order valence-electron chi connectivity index (χ3n) is 3.03. The third-order valence-corrected chi connectivity index (χ3v) is 4.90. The van der Waals surface area contributed by atoms with E-state index in [9.17, 15) is 8.42 Å². The maximum absolute atomic E-state index is 11.6. The molecule has 0 bridgehead atoms. The quantitative estimate of drug-likeness (QED) is 0.889. The average molecular weight is 310 g/mol. The predicted octanol–water partition coefficient (Wildman–Crippen LogP) is 2.33. The zero-order valence-corrected chi connectivity index (χ0v) is 13.2. The van der Waals surface area contributed by atoms with Crippen LogP contribution in [-0.4, -0.2) is 25.4 Å². The first-order valence-electron chi connectivity index (χ1n) is 6.31. The first kappa shape index (κ1) is 15.2. The summed E-state index contributed by atoms with van der Waals surface area (Å²) in [6.07, 6.45) is 1.27. The van der Waals surface area contributed by atoms with Gasteiger partial charge < -0.3 is 5.32 Å². The summed E-state index contributed by atoms with van der Waals surface area (Å²) in [6, 6.07) is 9.46. The van der Waals surface area contributed by atoms with Crippen molar-refractivity contribution in [1.29, 1.82) is 0 Å². The van der Waals surface area contributed by atoms with Crippen molar-refractivity contribution in [3.05, 3.63) is 52.0 Å². The third kappa shape index (κ3) is 4.40. The molecular weight excluding hydrogens is 292 g/mol. The lowest BCUT2D eigenvalue weighted by Crippen LogP contribution is -2.27. The molecule has 0 spiro atoms. The Morgan fingerprint density at radius 1 is 1.30 bits per heavy atom. The van der Waals surface area contributed by atoms with Crippen molar-refractivity contribution < 1.29 is 8.42 Å². The van der Waals surface area contributed by atoms with Gasteiger partial charge in [0.25, 0.3) is 0 Å². The van der Waals surface area contributed by atoms with E-state index in [1.54, 1.807) is 16.8 Å². The molecule has 1 N–H and O–H groups in total. The Labute approximate surface area is 123 Å². The molecule has 4 nitrogen and oxygen atoms in total. The molecule has 0 saturated heterocycles. The number of aryl methyl sites for hydroxylation is 1. The lowest BCUT2D eigenvalue weighted by atomic mass is 10.1. The molecule has 0 aliphatic heterocycles. The van der Waals surface area contributed by atoms with Crippen LogP contribution in [0, 0.1) is 6.92 Å². The maximum Gasteiger partial charge on any atom is 0.149 e. The lowest BCUT2D eigenvalue weighted by Gasteiger charge is -2.18. The van der Waals surface area contributed by atoms with Gasteiger partial charge in [0, 0.05) is 23.7 Å². The SMILES string of the molecule is Cc1ncsc1CNC(CS(C)(=O)=O)c1ccccc1. The van der Waals surface area contributed by atoms with Crippen molar-refractivity contribution in [1.82, 2.24) is 10.3 Å². The summed E-state index contributed by atoms with van der Waals surface area (Å²) in [5.74, 6) is 0.0921. The van der Waals surface area contributed by atoms with E-state index in [4.69, 9.17) is 0 Å². The van der Waals surface area contributed by atoms with Crippen LogP contribution in [0.25, 0.3) is 0 Å². The highest BCUT2D eigenvalue weighted by Gasteiger charge is 2.17. The monoisotopic (exact) mass is 310 g/mol. The molecule has 1 heterocycles. The van der Waals surface area contributed by atoms with Gasteiger partial charge in [0.1, 0.15) is 9.84 Å². The number of hydrogen-bond acceptors (Lipinski definition) is 5. The molecule has 1 unspecified atom stereocenters. The largest absolute Gasteiger partial charge is 0.304 e.